The van der Waals surface area contributed by atoms with Crippen molar-refractivity contribution >= 4 is 66.6 Å². The summed E-state index contributed by atoms with van der Waals surface area (Å²) in [5, 5.41) is 11.1. The van der Waals surface area contributed by atoms with Gasteiger partial charge in [0.2, 0.25) is 0 Å². The van der Waals surface area contributed by atoms with Gasteiger partial charge in [0, 0.05) is 20.6 Å². The topological polar surface area (TPSA) is 9.23 Å². The van der Waals surface area contributed by atoms with Gasteiger partial charge in [-0.2, -0.15) is 0 Å². The molecule has 0 aliphatic rings. The molecule has 3 heteroatoms. The molecule has 372 valence electrons. The van der Waals surface area contributed by atoms with Crippen LogP contribution in [0.4, 0.5) is 0 Å². The molecule has 0 aliphatic heterocycles. The second-order valence-electron chi connectivity index (χ2n) is 20.2. The summed E-state index contributed by atoms with van der Waals surface area (Å²) >= 11 is 3.72. The van der Waals surface area contributed by atoms with Crippen LogP contribution in [0.2, 0.25) is 0 Å². The highest BCUT2D eigenvalue weighted by atomic mass is 32.2. The summed E-state index contributed by atoms with van der Waals surface area (Å²) < 4.78 is 8.26. The monoisotopic (exact) mass is 979 g/mol. The van der Waals surface area contributed by atoms with Crippen molar-refractivity contribution in [2.45, 2.75) is 201 Å². The number of fused-ring (bicyclic) bond motifs is 4. The smallest absolute Gasteiger partial charge is 0.149 e. The third kappa shape index (κ3) is 13.5. The van der Waals surface area contributed by atoms with Crippen molar-refractivity contribution in [3.8, 4) is 11.5 Å². The molecule has 0 saturated carbocycles. The predicted molar refractivity (Wildman–Crippen MR) is 314 cm³/mol. The van der Waals surface area contributed by atoms with Crippen LogP contribution in [0.15, 0.2) is 153 Å². The zero-order valence-corrected chi connectivity index (χ0v) is 45.5. The number of aryl methyl sites for hydroxylation is 4. The first-order chi connectivity index (χ1) is 35.1. The van der Waals surface area contributed by atoms with Crippen LogP contribution < -0.4 is 4.74 Å². The molecule has 0 amide bonds. The van der Waals surface area contributed by atoms with E-state index >= 15 is 0 Å². The Morgan fingerprint density at radius 1 is 0.282 bits per heavy atom. The van der Waals surface area contributed by atoms with E-state index < -0.39 is 0 Å². The van der Waals surface area contributed by atoms with Crippen molar-refractivity contribution in [3.63, 3.8) is 0 Å². The number of rotatable bonds is 30. The highest BCUT2D eigenvalue weighted by Crippen LogP contribution is 2.52. The number of benzene rings is 8. The quantitative estimate of drug-likeness (QED) is 0.0328. The molecular formula is C68H82OS2. The molecule has 8 rings (SSSR count). The molecule has 0 saturated heterocycles. The van der Waals surface area contributed by atoms with Crippen molar-refractivity contribution in [1.29, 1.82) is 0 Å². The number of ether oxygens (including phenoxy) is 1. The van der Waals surface area contributed by atoms with E-state index in [-0.39, 0.29) is 0 Å². The maximum atomic E-state index is 8.26. The second-order valence-corrected chi connectivity index (χ2v) is 22.5. The third-order valence-electron chi connectivity index (χ3n) is 14.9. The van der Waals surface area contributed by atoms with Gasteiger partial charge in [0.15, 0.2) is 0 Å². The first-order valence-corrected chi connectivity index (χ1v) is 29.9. The molecule has 0 fully saturated rings. The molecule has 0 aromatic heterocycles. The van der Waals surface area contributed by atoms with E-state index in [1.165, 1.54) is 213 Å². The Labute approximate surface area is 437 Å². The van der Waals surface area contributed by atoms with Gasteiger partial charge >= 0.3 is 0 Å². The van der Waals surface area contributed by atoms with Gasteiger partial charge in [-0.05, 0) is 142 Å². The summed E-state index contributed by atoms with van der Waals surface area (Å²) in [5.41, 5.74) is 5.89. The summed E-state index contributed by atoms with van der Waals surface area (Å²) in [6.07, 6.45) is 29.4. The summed E-state index contributed by atoms with van der Waals surface area (Å²) in [6.45, 7) is 9.30. The van der Waals surface area contributed by atoms with Gasteiger partial charge in [0.25, 0.3) is 0 Å². The standard InChI is InChI=1S/C68H82OS2/c1-5-9-13-17-27-39-57-53-41-31-33-43-55(53)59(45-29-19-15-11-7-3)65-61(57)47-49-63(70-51-35-23-21-24-36-51)67(65)69-68-64(71-52-37-25-22-26-38-52)50-48-62-58(40-28-18-14-10-6-2)54-42-32-34-44-56(54)60(66(62)68)46-30-20-16-12-8-4/h21-26,31-38,41-44,47-50H,5-20,27-30,39-40,45-46H2,1-4H3. The van der Waals surface area contributed by atoms with Gasteiger partial charge in [-0.1, -0.05) is 251 Å². The summed E-state index contributed by atoms with van der Waals surface area (Å²) in [5.74, 6) is 2.06. The Hall–Kier alpha value is -4.70. The van der Waals surface area contributed by atoms with Crippen LogP contribution in [-0.4, -0.2) is 0 Å². The highest BCUT2D eigenvalue weighted by molar-refractivity contribution is 7.99. The molecule has 0 aliphatic carbocycles. The minimum absolute atomic E-state index is 1.03. The van der Waals surface area contributed by atoms with Crippen LogP contribution in [0.3, 0.4) is 0 Å². The minimum Gasteiger partial charge on any atom is -0.454 e. The van der Waals surface area contributed by atoms with E-state index in [1.54, 1.807) is 0 Å². The number of hydrogen-bond acceptors (Lipinski definition) is 3. The van der Waals surface area contributed by atoms with Crippen molar-refractivity contribution in [2.75, 3.05) is 0 Å². The lowest BCUT2D eigenvalue weighted by Gasteiger charge is -2.25. The zero-order valence-electron chi connectivity index (χ0n) is 43.9. The lowest BCUT2D eigenvalue weighted by atomic mass is 9.86. The van der Waals surface area contributed by atoms with E-state index in [1.807, 2.05) is 23.5 Å². The van der Waals surface area contributed by atoms with Crippen LogP contribution in [0.25, 0.3) is 43.1 Å². The molecule has 1 nitrogen and oxygen atoms in total. The fourth-order valence-corrected chi connectivity index (χ4v) is 13.0. The number of unbranched alkanes of at least 4 members (excludes halogenated alkanes) is 16. The average molecular weight is 980 g/mol. The molecule has 71 heavy (non-hydrogen) atoms. The zero-order chi connectivity index (χ0) is 49.0. The Kier molecular flexibility index (Phi) is 20.7. The van der Waals surface area contributed by atoms with E-state index in [9.17, 15) is 0 Å². The molecule has 0 atom stereocenters. The van der Waals surface area contributed by atoms with Gasteiger partial charge in [0.05, 0.1) is 9.79 Å². The van der Waals surface area contributed by atoms with E-state index in [2.05, 4.69) is 161 Å². The normalized spacial score (nSPS) is 11.7. The third-order valence-corrected chi connectivity index (χ3v) is 17.0. The van der Waals surface area contributed by atoms with Crippen molar-refractivity contribution < 1.29 is 4.74 Å². The van der Waals surface area contributed by atoms with E-state index in [4.69, 9.17) is 4.74 Å². The minimum atomic E-state index is 1.03. The Balaban J connectivity index is 1.44. The van der Waals surface area contributed by atoms with Crippen LogP contribution >= 0.6 is 23.5 Å². The summed E-state index contributed by atoms with van der Waals surface area (Å²) in [4.78, 5) is 4.84. The SMILES string of the molecule is CCCCCCCc1c2ccccc2c(CCCCCCC)c2c(Oc3c(Sc4ccccc4)ccc4c(CCCCCCC)c5ccccc5c(CCCCCCC)c34)c(Sc3ccccc3)ccc12. The van der Waals surface area contributed by atoms with E-state index in [0.29, 0.717) is 0 Å². The van der Waals surface area contributed by atoms with Crippen LogP contribution in [-0.2, 0) is 25.7 Å². The van der Waals surface area contributed by atoms with Crippen molar-refractivity contribution in [3.05, 3.63) is 156 Å². The lowest BCUT2D eigenvalue weighted by molar-refractivity contribution is 0.471. The van der Waals surface area contributed by atoms with Gasteiger partial charge in [-0.15, -0.1) is 0 Å². The maximum Gasteiger partial charge on any atom is 0.149 e. The second kappa shape index (κ2) is 27.9. The largest absolute Gasteiger partial charge is 0.454 e. The molecule has 0 bridgehead atoms. The van der Waals surface area contributed by atoms with Crippen LogP contribution in [0.5, 0.6) is 11.5 Å². The van der Waals surface area contributed by atoms with Crippen molar-refractivity contribution in [1.82, 2.24) is 0 Å². The average Bonchev–Trinajstić information content (AvgIpc) is 3.40. The van der Waals surface area contributed by atoms with Crippen LogP contribution in [0, 0.1) is 0 Å². The molecule has 8 aromatic rings. The van der Waals surface area contributed by atoms with Gasteiger partial charge in [0.1, 0.15) is 11.5 Å². The molecular weight excluding hydrogens is 897 g/mol. The van der Waals surface area contributed by atoms with Gasteiger partial charge in [-0.3, -0.25) is 0 Å². The van der Waals surface area contributed by atoms with Gasteiger partial charge in [-0.25, -0.2) is 0 Å². The van der Waals surface area contributed by atoms with E-state index in [0.717, 1.165) is 37.2 Å². The fraction of sp³-hybridized carbons (Fsp3) is 0.412. The first-order valence-electron chi connectivity index (χ1n) is 28.3. The Bertz CT molecular complexity index is 2700. The van der Waals surface area contributed by atoms with Crippen molar-refractivity contribution in [2.24, 2.45) is 0 Å². The molecule has 0 radical (unpaired) electrons. The molecule has 8 aromatic carbocycles. The fourth-order valence-electron chi connectivity index (χ4n) is 11.2. The molecule has 0 N–H and O–H groups in total. The number of hydrogen-bond donors (Lipinski definition) is 0. The highest BCUT2D eigenvalue weighted by Gasteiger charge is 2.26. The molecule has 0 unspecified atom stereocenters. The Morgan fingerprint density at radius 3 is 0.915 bits per heavy atom. The maximum absolute atomic E-state index is 8.26. The first kappa shape index (κ1) is 52.6. The summed E-state index contributed by atoms with van der Waals surface area (Å²) in [6, 6.07) is 50.6. The van der Waals surface area contributed by atoms with Gasteiger partial charge < -0.3 is 4.74 Å². The summed E-state index contributed by atoms with van der Waals surface area (Å²) in [7, 11) is 0. The van der Waals surface area contributed by atoms with Crippen LogP contribution in [0.1, 0.15) is 178 Å². The molecule has 0 spiro atoms. The lowest BCUT2D eigenvalue weighted by Crippen LogP contribution is -2.03. The molecule has 0 heterocycles. The predicted octanol–water partition coefficient (Wildman–Crippen LogP) is 22.4. The Morgan fingerprint density at radius 2 is 0.577 bits per heavy atom.